The van der Waals surface area contributed by atoms with Gasteiger partial charge in [-0.1, -0.05) is 6.07 Å². The van der Waals surface area contributed by atoms with Gasteiger partial charge >= 0.3 is 0 Å². The Labute approximate surface area is 156 Å². The zero-order valence-electron chi connectivity index (χ0n) is 15.9. The maximum absolute atomic E-state index is 12.9. The third-order valence-electron chi connectivity index (χ3n) is 6.38. The predicted molar refractivity (Wildman–Crippen MR) is 101 cm³/mol. The molecule has 0 spiro atoms. The summed E-state index contributed by atoms with van der Waals surface area (Å²) in [6, 6.07) is 6.77. The van der Waals surface area contributed by atoms with Gasteiger partial charge in [0.05, 0.1) is 7.11 Å². The van der Waals surface area contributed by atoms with Crippen LogP contribution in [-0.4, -0.2) is 68.8 Å². The molecule has 0 N–H and O–H groups in total. The van der Waals surface area contributed by atoms with Gasteiger partial charge in [0.25, 0.3) is 10.2 Å². The average Bonchev–Trinajstić information content (AvgIpc) is 2.65. The first-order chi connectivity index (χ1) is 12.4. The number of ether oxygens (including phenoxy) is 1. The van der Waals surface area contributed by atoms with Gasteiger partial charge in [0.15, 0.2) is 0 Å². The molecule has 1 aromatic carbocycles. The number of fused-ring (bicyclic) bond motifs is 4. The van der Waals surface area contributed by atoms with Crippen LogP contribution in [0.5, 0.6) is 5.75 Å². The Balaban J connectivity index is 1.65. The van der Waals surface area contributed by atoms with E-state index in [4.69, 9.17) is 4.74 Å². The molecule has 0 bridgehead atoms. The van der Waals surface area contributed by atoms with Gasteiger partial charge in [0.1, 0.15) is 5.75 Å². The molecule has 4 rings (SSSR count). The van der Waals surface area contributed by atoms with E-state index in [1.807, 2.05) is 6.07 Å². The van der Waals surface area contributed by atoms with Crippen LogP contribution in [0.4, 0.5) is 0 Å². The second-order valence-electron chi connectivity index (χ2n) is 7.93. The first-order valence-corrected chi connectivity index (χ1v) is 10.9. The number of hydrogen-bond donors (Lipinski definition) is 0. The Morgan fingerprint density at radius 1 is 1.23 bits per heavy atom. The number of nitrogens with zero attached hydrogens (tertiary/aromatic N) is 3. The number of piperidine rings is 2. The van der Waals surface area contributed by atoms with Gasteiger partial charge in [-0.2, -0.15) is 17.0 Å². The molecule has 0 radical (unpaired) electrons. The van der Waals surface area contributed by atoms with E-state index in [0.717, 1.165) is 44.5 Å². The fourth-order valence-corrected chi connectivity index (χ4v) is 6.39. The van der Waals surface area contributed by atoms with Gasteiger partial charge in [-0.25, -0.2) is 0 Å². The van der Waals surface area contributed by atoms with Crippen molar-refractivity contribution in [2.24, 2.45) is 5.92 Å². The highest BCUT2D eigenvalue weighted by molar-refractivity contribution is 7.86. The van der Waals surface area contributed by atoms with Crippen LogP contribution >= 0.6 is 0 Å². The molecule has 6 nitrogen and oxygen atoms in total. The minimum atomic E-state index is -3.37. The van der Waals surface area contributed by atoms with Gasteiger partial charge in [0, 0.05) is 45.8 Å². The predicted octanol–water partition coefficient (Wildman–Crippen LogP) is 1.89. The fraction of sp³-hybridized carbons (Fsp3) is 0.684. The van der Waals surface area contributed by atoms with E-state index in [2.05, 4.69) is 17.0 Å². The zero-order chi connectivity index (χ0) is 18.5. The highest BCUT2D eigenvalue weighted by atomic mass is 32.2. The van der Waals surface area contributed by atoms with Gasteiger partial charge in [-0.15, -0.1) is 0 Å². The van der Waals surface area contributed by atoms with Crippen LogP contribution in [0.3, 0.4) is 0 Å². The summed E-state index contributed by atoms with van der Waals surface area (Å²) in [6.07, 6.45) is 4.01. The van der Waals surface area contributed by atoms with Crippen molar-refractivity contribution in [1.82, 2.24) is 13.5 Å². The molecule has 0 aromatic heterocycles. The largest absolute Gasteiger partial charge is 0.497 e. The lowest BCUT2D eigenvalue weighted by atomic mass is 9.77. The van der Waals surface area contributed by atoms with E-state index in [1.54, 1.807) is 25.5 Å². The third kappa shape index (κ3) is 2.95. The smallest absolute Gasteiger partial charge is 0.281 e. The molecule has 3 aliphatic heterocycles. The average molecular weight is 380 g/mol. The van der Waals surface area contributed by atoms with Gasteiger partial charge in [-0.05, 0) is 54.9 Å². The highest BCUT2D eigenvalue weighted by Crippen LogP contribution is 2.44. The maximum Gasteiger partial charge on any atom is 0.281 e. The maximum atomic E-state index is 12.9. The molecule has 2 saturated heterocycles. The number of methoxy groups -OCH3 is 1. The van der Waals surface area contributed by atoms with Gasteiger partial charge in [0.2, 0.25) is 0 Å². The lowest BCUT2D eigenvalue weighted by molar-refractivity contribution is 0.0203. The summed E-state index contributed by atoms with van der Waals surface area (Å²) in [5.41, 5.74) is 2.70. The van der Waals surface area contributed by atoms with Crippen molar-refractivity contribution in [3.8, 4) is 5.75 Å². The SMILES string of the molecule is COc1ccc2c(c1)CCN1C[C@H]3CCCN(S(=O)(=O)N(C)C)[C@H]3C[C@@H]21. The first-order valence-electron chi connectivity index (χ1n) is 9.52. The van der Waals surface area contributed by atoms with Gasteiger partial charge < -0.3 is 4.74 Å². The van der Waals surface area contributed by atoms with E-state index >= 15 is 0 Å². The molecular formula is C19H29N3O3S. The molecule has 3 heterocycles. The summed E-state index contributed by atoms with van der Waals surface area (Å²) in [5.74, 6) is 1.34. The molecule has 0 amide bonds. The van der Waals surface area contributed by atoms with Crippen molar-refractivity contribution < 1.29 is 13.2 Å². The lowest BCUT2D eigenvalue weighted by Crippen LogP contribution is -2.59. The van der Waals surface area contributed by atoms with E-state index in [1.165, 1.54) is 15.4 Å². The highest BCUT2D eigenvalue weighted by Gasteiger charge is 2.46. The van der Waals surface area contributed by atoms with Crippen LogP contribution < -0.4 is 4.74 Å². The quantitative estimate of drug-likeness (QED) is 0.805. The van der Waals surface area contributed by atoms with Crippen molar-refractivity contribution in [3.05, 3.63) is 29.3 Å². The Morgan fingerprint density at radius 2 is 2.04 bits per heavy atom. The van der Waals surface area contributed by atoms with E-state index < -0.39 is 10.2 Å². The van der Waals surface area contributed by atoms with Crippen LogP contribution in [0.2, 0.25) is 0 Å². The zero-order valence-corrected chi connectivity index (χ0v) is 16.7. The second-order valence-corrected chi connectivity index (χ2v) is 10.0. The van der Waals surface area contributed by atoms with Crippen LogP contribution in [-0.2, 0) is 16.6 Å². The Bertz CT molecular complexity index is 780. The topological polar surface area (TPSA) is 53.1 Å². The van der Waals surface area contributed by atoms with Crippen molar-refractivity contribution in [1.29, 1.82) is 0 Å². The summed E-state index contributed by atoms with van der Waals surface area (Å²) in [4.78, 5) is 2.57. The number of benzene rings is 1. The fourth-order valence-electron chi connectivity index (χ4n) is 5.01. The second kappa shape index (κ2) is 6.78. The molecule has 7 heteroatoms. The summed E-state index contributed by atoms with van der Waals surface area (Å²) in [7, 11) is 1.60. The molecule has 144 valence electrons. The van der Waals surface area contributed by atoms with Crippen molar-refractivity contribution in [2.45, 2.75) is 37.8 Å². The van der Waals surface area contributed by atoms with Crippen LogP contribution in [0.25, 0.3) is 0 Å². The minimum absolute atomic E-state index is 0.102. The molecule has 3 atom stereocenters. The molecule has 0 aliphatic carbocycles. The Kier molecular flexibility index (Phi) is 4.75. The molecule has 1 aromatic rings. The molecule has 2 fully saturated rings. The Morgan fingerprint density at radius 3 is 2.77 bits per heavy atom. The first kappa shape index (κ1) is 18.2. The molecule has 0 saturated carbocycles. The summed E-state index contributed by atoms with van der Waals surface area (Å²) in [5, 5.41) is 0. The summed E-state index contributed by atoms with van der Waals surface area (Å²) < 4.78 is 34.2. The Hall–Kier alpha value is -1.15. The number of hydrogen-bond acceptors (Lipinski definition) is 4. The molecular weight excluding hydrogens is 350 g/mol. The minimum Gasteiger partial charge on any atom is -0.497 e. The normalized spacial score (nSPS) is 29.8. The molecule has 26 heavy (non-hydrogen) atoms. The van der Waals surface area contributed by atoms with Crippen LogP contribution in [0.1, 0.15) is 36.4 Å². The standard InChI is InChI=1S/C19H29N3O3S/c1-20(2)26(23,24)22-9-4-5-15-13-21-10-8-14-11-16(25-3)6-7-17(14)19(21)12-18(15)22/h6-7,11,15,18-19H,4-5,8-10,12-13H2,1-3H3/t15-,18+,19+/m1/s1. The van der Waals surface area contributed by atoms with Crippen LogP contribution in [0.15, 0.2) is 18.2 Å². The monoisotopic (exact) mass is 379 g/mol. The van der Waals surface area contributed by atoms with E-state index in [9.17, 15) is 8.42 Å². The van der Waals surface area contributed by atoms with Crippen LogP contribution in [0, 0.1) is 5.92 Å². The van der Waals surface area contributed by atoms with Gasteiger partial charge in [-0.3, -0.25) is 4.90 Å². The lowest BCUT2D eigenvalue weighted by Gasteiger charge is -2.52. The van der Waals surface area contributed by atoms with Crippen molar-refractivity contribution >= 4 is 10.2 Å². The van der Waals surface area contributed by atoms with Crippen molar-refractivity contribution in [2.75, 3.05) is 40.8 Å². The number of rotatable bonds is 3. The summed E-state index contributed by atoms with van der Waals surface area (Å²) in [6.45, 7) is 2.69. The summed E-state index contributed by atoms with van der Waals surface area (Å²) >= 11 is 0. The van der Waals surface area contributed by atoms with Crippen molar-refractivity contribution in [3.63, 3.8) is 0 Å². The molecule has 3 aliphatic rings. The van der Waals surface area contributed by atoms with E-state index in [0.29, 0.717) is 18.5 Å². The molecule has 0 unspecified atom stereocenters. The van der Waals surface area contributed by atoms with E-state index in [-0.39, 0.29) is 6.04 Å². The third-order valence-corrected chi connectivity index (χ3v) is 8.35.